The van der Waals surface area contributed by atoms with Crippen LogP contribution in [0.15, 0.2) is 77.6 Å². The van der Waals surface area contributed by atoms with E-state index in [0.717, 1.165) is 21.9 Å². The summed E-state index contributed by atoms with van der Waals surface area (Å²) in [5.41, 5.74) is 2.63. The monoisotopic (exact) mass is 356 g/mol. The first-order valence-corrected chi connectivity index (χ1v) is 8.46. The smallest absolute Gasteiger partial charge is 0.266 e. The molecule has 0 bridgehead atoms. The molecule has 124 valence electrons. The van der Waals surface area contributed by atoms with E-state index in [9.17, 15) is 10.1 Å². The maximum Gasteiger partial charge on any atom is 0.266 e. The zero-order valence-corrected chi connectivity index (χ0v) is 14.4. The van der Waals surface area contributed by atoms with Gasteiger partial charge in [-0.05, 0) is 46.2 Å². The predicted octanol–water partition coefficient (Wildman–Crippen LogP) is 5.39. The van der Waals surface area contributed by atoms with Crippen molar-refractivity contribution < 1.29 is 0 Å². The summed E-state index contributed by atoms with van der Waals surface area (Å²) in [7, 11) is 0. The fourth-order valence-corrected chi connectivity index (χ4v) is 3.17. The zero-order valence-electron chi connectivity index (χ0n) is 13.7. The Morgan fingerprint density at radius 2 is 1.54 bits per heavy atom. The van der Waals surface area contributed by atoms with E-state index in [2.05, 4.69) is 4.98 Å². The molecule has 0 aliphatic heterocycles. The van der Waals surface area contributed by atoms with Gasteiger partial charge in [-0.3, -0.25) is 4.79 Å². The minimum Gasteiger partial charge on any atom is -0.321 e. The lowest BCUT2D eigenvalue weighted by atomic mass is 9.98. The van der Waals surface area contributed by atoms with Crippen molar-refractivity contribution in [1.29, 1.82) is 5.26 Å². The Hall–Kier alpha value is -3.35. The quantitative estimate of drug-likeness (QED) is 0.523. The molecule has 0 unspecified atom stereocenters. The van der Waals surface area contributed by atoms with Crippen LogP contribution in [-0.2, 0) is 0 Å². The van der Waals surface area contributed by atoms with Crippen molar-refractivity contribution in [2.24, 2.45) is 0 Å². The molecule has 0 saturated heterocycles. The molecule has 0 saturated carbocycles. The Morgan fingerprint density at radius 1 is 0.846 bits per heavy atom. The van der Waals surface area contributed by atoms with Crippen LogP contribution in [0.2, 0.25) is 5.02 Å². The highest BCUT2D eigenvalue weighted by Gasteiger charge is 2.12. The number of nitrogens with one attached hydrogen (secondary N) is 1. The number of H-pyrrole nitrogens is 1. The molecule has 26 heavy (non-hydrogen) atoms. The standard InChI is InChI=1S/C22H13ClN2O/c23-18-9-7-15(8-10-18)19-12-21(25-22(26)20(19)13-24)17-6-5-14-3-1-2-4-16(14)11-17/h1-12H,(H,25,26). The number of aromatic nitrogens is 1. The third-order valence-corrected chi connectivity index (χ3v) is 4.61. The first-order chi connectivity index (χ1) is 12.7. The van der Waals surface area contributed by atoms with Crippen LogP contribution in [0.4, 0.5) is 0 Å². The largest absolute Gasteiger partial charge is 0.321 e. The Kier molecular flexibility index (Phi) is 4.04. The Labute approximate surface area is 155 Å². The number of rotatable bonds is 2. The first kappa shape index (κ1) is 16.1. The highest BCUT2D eigenvalue weighted by Crippen LogP contribution is 2.28. The number of halogens is 1. The van der Waals surface area contributed by atoms with Gasteiger partial charge in [0.1, 0.15) is 11.6 Å². The van der Waals surface area contributed by atoms with Crippen molar-refractivity contribution in [3.05, 3.63) is 93.7 Å². The second kappa shape index (κ2) is 6.51. The number of hydrogen-bond acceptors (Lipinski definition) is 2. The van der Waals surface area contributed by atoms with E-state index in [4.69, 9.17) is 11.6 Å². The lowest BCUT2D eigenvalue weighted by Crippen LogP contribution is -2.12. The van der Waals surface area contributed by atoms with Crippen molar-refractivity contribution in [1.82, 2.24) is 4.98 Å². The van der Waals surface area contributed by atoms with Gasteiger partial charge in [-0.25, -0.2) is 0 Å². The van der Waals surface area contributed by atoms with E-state index in [0.29, 0.717) is 16.3 Å². The van der Waals surface area contributed by atoms with Gasteiger partial charge in [-0.1, -0.05) is 60.1 Å². The Balaban J connectivity index is 1.93. The molecular weight excluding hydrogens is 344 g/mol. The van der Waals surface area contributed by atoms with Gasteiger partial charge in [0.15, 0.2) is 0 Å². The fourth-order valence-electron chi connectivity index (χ4n) is 3.04. The molecule has 0 atom stereocenters. The molecule has 1 N–H and O–H groups in total. The van der Waals surface area contributed by atoms with E-state index < -0.39 is 5.56 Å². The topological polar surface area (TPSA) is 56.6 Å². The normalized spacial score (nSPS) is 10.6. The molecule has 0 radical (unpaired) electrons. The molecule has 4 heteroatoms. The zero-order chi connectivity index (χ0) is 18.1. The van der Waals surface area contributed by atoms with Crippen LogP contribution < -0.4 is 5.56 Å². The van der Waals surface area contributed by atoms with E-state index >= 15 is 0 Å². The van der Waals surface area contributed by atoms with Crippen LogP contribution in [0.5, 0.6) is 0 Å². The van der Waals surface area contributed by atoms with Gasteiger partial charge < -0.3 is 4.98 Å². The molecule has 0 spiro atoms. The van der Waals surface area contributed by atoms with Crippen LogP contribution >= 0.6 is 11.6 Å². The number of hydrogen-bond donors (Lipinski definition) is 1. The molecule has 0 aliphatic carbocycles. The Morgan fingerprint density at radius 3 is 2.27 bits per heavy atom. The molecule has 0 fully saturated rings. The van der Waals surface area contributed by atoms with Crippen molar-refractivity contribution in [3.63, 3.8) is 0 Å². The van der Waals surface area contributed by atoms with Gasteiger partial charge in [0, 0.05) is 16.3 Å². The van der Waals surface area contributed by atoms with Crippen LogP contribution in [0, 0.1) is 11.3 Å². The lowest BCUT2D eigenvalue weighted by molar-refractivity contribution is 1.22. The van der Waals surface area contributed by atoms with E-state index in [-0.39, 0.29) is 5.56 Å². The summed E-state index contributed by atoms with van der Waals surface area (Å²) >= 11 is 5.95. The van der Waals surface area contributed by atoms with Crippen LogP contribution in [0.25, 0.3) is 33.2 Å². The highest BCUT2D eigenvalue weighted by atomic mass is 35.5. The summed E-state index contributed by atoms with van der Waals surface area (Å²) in [4.78, 5) is 15.3. The molecule has 1 heterocycles. The van der Waals surface area contributed by atoms with Gasteiger partial charge in [-0.15, -0.1) is 0 Å². The van der Waals surface area contributed by atoms with Crippen molar-refractivity contribution in [2.75, 3.05) is 0 Å². The van der Waals surface area contributed by atoms with Gasteiger partial charge >= 0.3 is 0 Å². The molecule has 3 nitrogen and oxygen atoms in total. The molecule has 4 rings (SSSR count). The van der Waals surface area contributed by atoms with Crippen LogP contribution in [-0.4, -0.2) is 4.98 Å². The maximum atomic E-state index is 12.5. The van der Waals surface area contributed by atoms with Crippen molar-refractivity contribution in [2.45, 2.75) is 0 Å². The van der Waals surface area contributed by atoms with Gasteiger partial charge in [-0.2, -0.15) is 5.26 Å². The molecular formula is C22H13ClN2O. The molecule has 1 aromatic heterocycles. The summed E-state index contributed by atoms with van der Waals surface area (Å²) < 4.78 is 0. The van der Waals surface area contributed by atoms with Gasteiger partial charge in [0.25, 0.3) is 5.56 Å². The second-order valence-electron chi connectivity index (χ2n) is 5.98. The maximum absolute atomic E-state index is 12.5. The average molecular weight is 357 g/mol. The lowest BCUT2D eigenvalue weighted by Gasteiger charge is -2.09. The molecule has 0 aliphatic rings. The molecule has 4 aromatic rings. The third-order valence-electron chi connectivity index (χ3n) is 4.36. The second-order valence-corrected chi connectivity index (χ2v) is 6.42. The number of fused-ring (bicyclic) bond motifs is 1. The number of nitrogens with zero attached hydrogens (tertiary/aromatic N) is 1. The summed E-state index contributed by atoms with van der Waals surface area (Å²) in [6.07, 6.45) is 0. The number of nitriles is 1. The van der Waals surface area contributed by atoms with Crippen LogP contribution in [0.3, 0.4) is 0 Å². The van der Waals surface area contributed by atoms with Gasteiger partial charge in [0.2, 0.25) is 0 Å². The van der Waals surface area contributed by atoms with E-state index in [1.54, 1.807) is 12.1 Å². The molecule has 0 amide bonds. The van der Waals surface area contributed by atoms with Gasteiger partial charge in [0.05, 0.1) is 0 Å². The molecule has 3 aromatic carbocycles. The van der Waals surface area contributed by atoms with Crippen molar-refractivity contribution >= 4 is 22.4 Å². The predicted molar refractivity (Wildman–Crippen MR) is 105 cm³/mol. The summed E-state index contributed by atoms with van der Waals surface area (Å²) in [5.74, 6) is 0. The first-order valence-electron chi connectivity index (χ1n) is 8.08. The number of aromatic amines is 1. The SMILES string of the molecule is N#Cc1c(-c2ccc(Cl)cc2)cc(-c2ccc3ccccc3c2)[nH]c1=O. The highest BCUT2D eigenvalue weighted by molar-refractivity contribution is 6.30. The van der Waals surface area contributed by atoms with E-state index in [1.165, 1.54) is 0 Å². The average Bonchev–Trinajstić information content (AvgIpc) is 2.67. The summed E-state index contributed by atoms with van der Waals surface area (Å²) in [6, 6.07) is 25.0. The minimum absolute atomic E-state index is 0.0943. The van der Waals surface area contributed by atoms with Crippen molar-refractivity contribution in [3.8, 4) is 28.5 Å². The number of benzene rings is 3. The summed E-state index contributed by atoms with van der Waals surface area (Å²) in [6.45, 7) is 0. The fraction of sp³-hybridized carbons (Fsp3) is 0. The number of pyridine rings is 1. The summed E-state index contributed by atoms with van der Waals surface area (Å²) in [5, 5.41) is 12.2. The Bertz CT molecular complexity index is 1220. The third kappa shape index (κ3) is 2.88. The minimum atomic E-state index is -0.400. The van der Waals surface area contributed by atoms with Crippen LogP contribution in [0.1, 0.15) is 5.56 Å². The van der Waals surface area contributed by atoms with E-state index in [1.807, 2.05) is 66.7 Å².